The highest BCUT2D eigenvalue weighted by atomic mass is 19.1. The zero-order valence-corrected chi connectivity index (χ0v) is 49.2. The Kier molecular flexibility index (Phi) is 17.5. The second kappa shape index (κ2) is 26.3. The number of ether oxygens (including phenoxy) is 5. The number of nitriles is 2. The molecule has 0 bridgehead atoms. The molecule has 2 aliphatic rings. The van der Waals surface area contributed by atoms with Gasteiger partial charge in [0.25, 0.3) is 0 Å². The van der Waals surface area contributed by atoms with Gasteiger partial charge in [0.05, 0.1) is 118 Å². The second-order valence-corrected chi connectivity index (χ2v) is 22.0. The van der Waals surface area contributed by atoms with Gasteiger partial charge in [0.15, 0.2) is 0 Å². The summed E-state index contributed by atoms with van der Waals surface area (Å²) in [4.78, 5) is 71.4. The molecule has 0 aliphatic carbocycles. The molecule has 2 amide bonds. The normalized spacial score (nSPS) is 16.0. The average molecular weight is 1270 g/mol. The predicted octanol–water partition coefficient (Wildman–Crippen LogP) is 10.6. The molecule has 2 N–H and O–H groups in total. The summed E-state index contributed by atoms with van der Waals surface area (Å²) in [6, 6.07) is 30.1. The Morgan fingerprint density at radius 2 is 0.925 bits per heavy atom. The van der Waals surface area contributed by atoms with Crippen molar-refractivity contribution in [1.82, 2.24) is 39.7 Å². The molecule has 4 aromatic heterocycles. The molecule has 0 radical (unpaired) electrons. The number of fused-ring (bicyclic) bond motifs is 2. The highest BCUT2D eigenvalue weighted by molar-refractivity contribution is 6.05. The summed E-state index contributed by atoms with van der Waals surface area (Å²) in [6.07, 6.45) is -0.607. The van der Waals surface area contributed by atoms with Crippen LogP contribution < -0.4 is 20.1 Å². The van der Waals surface area contributed by atoms with Crippen molar-refractivity contribution in [1.29, 1.82) is 10.5 Å². The first-order valence-electron chi connectivity index (χ1n) is 28.9. The molecule has 0 saturated carbocycles. The van der Waals surface area contributed by atoms with E-state index in [0.29, 0.717) is 22.1 Å². The summed E-state index contributed by atoms with van der Waals surface area (Å²) >= 11 is 0. The van der Waals surface area contributed by atoms with E-state index in [1.54, 1.807) is 9.13 Å². The minimum absolute atomic E-state index is 0.00851. The van der Waals surface area contributed by atoms with E-state index in [4.69, 9.17) is 44.2 Å². The third kappa shape index (κ3) is 13.2. The van der Waals surface area contributed by atoms with Crippen LogP contribution in [0.4, 0.5) is 26.3 Å². The number of nitrogens with one attached hydrogen (secondary N) is 2. The summed E-state index contributed by atoms with van der Waals surface area (Å²) in [5.74, 6) is -7.27. The van der Waals surface area contributed by atoms with Crippen molar-refractivity contribution in [2.45, 2.75) is 64.1 Å². The standard InChI is InChI=1S/C68H50F6N10O9/c1-35(85)77-57-31-89-33-61(57)83-59-21-39(13-15-55(59)79-63(83)23-43-19-51(73)45(25-49(43)71)53-5-3-7-65(81-53)91-29-41-11-9-37(27-75)17-47(41)69)67(87)93-68(88)40-14-16-56-60(22-40)84(62-34-90-32-58(62)78-36(2)86)64(80-56)24-44-20-52(74)46(26-50(44)72)54-6-4-8-66(82-54)92-30-42-12-10-38(28-76)18-48(42)70/h3-22,25-26,57-58,61-62H,23-24,29-34H2,1-2H3,(H,77,85)(H,78,86)/t57-,58-,61+,62+/m1/s1. The van der Waals surface area contributed by atoms with Gasteiger partial charge in [-0.2, -0.15) is 10.5 Å². The monoisotopic (exact) mass is 1260 g/mol. The number of imidazole rings is 2. The van der Waals surface area contributed by atoms with Crippen LogP contribution in [-0.4, -0.2) is 91.3 Å². The number of halogens is 6. The first-order valence-corrected chi connectivity index (χ1v) is 28.9. The summed E-state index contributed by atoms with van der Waals surface area (Å²) in [7, 11) is 0. The maximum absolute atomic E-state index is 16.4. The quantitative estimate of drug-likeness (QED) is 0.0461. The van der Waals surface area contributed by atoms with E-state index in [-0.39, 0.29) is 155 Å². The number of benzene rings is 6. The van der Waals surface area contributed by atoms with E-state index in [1.807, 2.05) is 12.1 Å². The fourth-order valence-electron chi connectivity index (χ4n) is 11.4. The molecule has 19 nitrogen and oxygen atoms in total. The van der Waals surface area contributed by atoms with Gasteiger partial charge in [-0.3, -0.25) is 9.59 Å². The van der Waals surface area contributed by atoms with Gasteiger partial charge in [0.2, 0.25) is 23.6 Å². The van der Waals surface area contributed by atoms with Crippen molar-refractivity contribution in [3.63, 3.8) is 0 Å². The lowest BCUT2D eigenvalue weighted by molar-refractivity contribution is -0.120. The van der Waals surface area contributed by atoms with Crippen molar-refractivity contribution in [2.75, 3.05) is 26.4 Å². The van der Waals surface area contributed by atoms with E-state index in [9.17, 15) is 28.0 Å². The molecule has 2 fully saturated rings. The highest BCUT2D eigenvalue weighted by Gasteiger charge is 2.36. The number of esters is 2. The number of hydrogen-bond acceptors (Lipinski definition) is 15. The number of aromatic nitrogens is 6. The fraction of sp³-hybridized carbons (Fsp3) is 0.206. The van der Waals surface area contributed by atoms with Crippen LogP contribution in [0.25, 0.3) is 44.6 Å². The Morgan fingerprint density at radius 3 is 1.32 bits per heavy atom. The zero-order valence-electron chi connectivity index (χ0n) is 49.2. The second-order valence-electron chi connectivity index (χ2n) is 22.0. The van der Waals surface area contributed by atoms with Crippen LogP contribution in [0, 0.1) is 57.6 Å². The molecular formula is C68H50F6N10O9. The van der Waals surface area contributed by atoms with Crippen molar-refractivity contribution in [3.8, 4) is 46.4 Å². The van der Waals surface area contributed by atoms with Crippen LogP contribution >= 0.6 is 0 Å². The third-order valence-electron chi connectivity index (χ3n) is 15.8. The number of carbonyl (C=O) groups excluding carboxylic acids is 4. The largest absolute Gasteiger partial charge is 0.473 e. The molecule has 0 unspecified atom stereocenters. The van der Waals surface area contributed by atoms with Crippen LogP contribution in [-0.2, 0) is 49.9 Å². The van der Waals surface area contributed by atoms with Gasteiger partial charge in [-0.15, -0.1) is 0 Å². The Labute approximate surface area is 524 Å². The highest BCUT2D eigenvalue weighted by Crippen LogP contribution is 2.35. The van der Waals surface area contributed by atoms with Gasteiger partial charge in [-0.25, -0.2) is 55.9 Å². The van der Waals surface area contributed by atoms with Crippen molar-refractivity contribution in [2.24, 2.45) is 0 Å². The van der Waals surface area contributed by atoms with Gasteiger partial charge in [0.1, 0.15) is 59.8 Å². The maximum Gasteiger partial charge on any atom is 0.346 e. The van der Waals surface area contributed by atoms with Crippen LogP contribution in [0.1, 0.15) is 91.7 Å². The molecule has 6 aromatic carbocycles. The molecule has 468 valence electrons. The van der Waals surface area contributed by atoms with Crippen molar-refractivity contribution < 1.29 is 69.2 Å². The Hall–Kier alpha value is -11.3. The third-order valence-corrected chi connectivity index (χ3v) is 15.8. The maximum atomic E-state index is 16.4. The van der Waals surface area contributed by atoms with Crippen LogP contribution in [0.15, 0.2) is 133 Å². The minimum Gasteiger partial charge on any atom is -0.473 e. The van der Waals surface area contributed by atoms with Gasteiger partial charge >= 0.3 is 11.9 Å². The fourth-order valence-corrected chi connectivity index (χ4v) is 11.4. The number of pyridine rings is 2. The van der Waals surface area contributed by atoms with E-state index < -0.39 is 71.0 Å². The number of rotatable bonds is 18. The van der Waals surface area contributed by atoms with Crippen molar-refractivity contribution in [3.05, 3.63) is 225 Å². The van der Waals surface area contributed by atoms with Crippen molar-refractivity contribution >= 4 is 45.8 Å². The van der Waals surface area contributed by atoms with Crippen LogP contribution in [0.2, 0.25) is 0 Å². The molecule has 2 aliphatic heterocycles. The minimum atomic E-state index is -1.09. The van der Waals surface area contributed by atoms with E-state index >= 15 is 17.6 Å². The van der Waals surface area contributed by atoms with Gasteiger partial charge in [-0.1, -0.05) is 24.3 Å². The summed E-state index contributed by atoms with van der Waals surface area (Å²) < 4.78 is 126. The molecule has 6 heterocycles. The summed E-state index contributed by atoms with van der Waals surface area (Å²) in [5.41, 5.74) is 0.839. The summed E-state index contributed by atoms with van der Waals surface area (Å²) in [6.45, 7) is 2.33. The molecular weight excluding hydrogens is 1210 g/mol. The molecule has 93 heavy (non-hydrogen) atoms. The SMILES string of the molecule is CC(=O)N[C@@H]1COC[C@@H]1n1c(Cc2cc(F)c(-c3cccc(OCc4ccc(C#N)cc4F)n3)cc2F)nc2ccc(C(=O)OC(=O)c3ccc4nc(Cc5cc(F)c(-c6cccc(OCc7ccc(C#N)cc7F)n6)cc5F)n([C@H]5COC[C@H]5NC(C)=O)c4c3)cc21. The predicted molar refractivity (Wildman–Crippen MR) is 320 cm³/mol. The number of carbonyl (C=O) groups is 4. The smallest absolute Gasteiger partial charge is 0.346 e. The molecule has 12 rings (SSSR count). The molecule has 0 spiro atoms. The van der Waals surface area contributed by atoms with Crippen LogP contribution in [0.3, 0.4) is 0 Å². The van der Waals surface area contributed by atoms with E-state index in [0.717, 1.165) is 36.4 Å². The Balaban J connectivity index is 0.804. The number of nitrogens with zero attached hydrogens (tertiary/aromatic N) is 8. The number of hydrogen-bond donors (Lipinski definition) is 2. The average Bonchev–Trinajstić information content (AvgIpc) is 1.64. The van der Waals surface area contributed by atoms with E-state index in [1.165, 1.54) is 111 Å². The van der Waals surface area contributed by atoms with E-state index in [2.05, 4.69) is 20.6 Å². The molecule has 25 heteroatoms. The lowest BCUT2D eigenvalue weighted by Crippen LogP contribution is -2.40. The number of amides is 2. The zero-order chi connectivity index (χ0) is 65.2. The summed E-state index contributed by atoms with van der Waals surface area (Å²) in [5, 5.41) is 23.9. The van der Waals surface area contributed by atoms with Gasteiger partial charge < -0.3 is 43.5 Å². The Morgan fingerprint density at radius 1 is 0.505 bits per heavy atom. The van der Waals surface area contributed by atoms with Gasteiger partial charge in [-0.05, 0) is 108 Å². The van der Waals surface area contributed by atoms with Gasteiger partial charge in [0, 0.05) is 61.1 Å². The topological polar surface area (TPSA) is 247 Å². The first kappa shape index (κ1) is 61.9. The lowest BCUT2D eigenvalue weighted by atomic mass is 10.0. The van der Waals surface area contributed by atoms with Crippen LogP contribution in [0.5, 0.6) is 11.8 Å². The molecule has 2 saturated heterocycles. The molecule has 4 atom stereocenters. The Bertz CT molecular complexity index is 4460. The lowest BCUT2D eigenvalue weighted by Gasteiger charge is -2.23. The molecule has 10 aromatic rings. The first-order chi connectivity index (χ1) is 44.9.